The predicted molar refractivity (Wildman–Crippen MR) is 81.3 cm³/mol. The summed E-state index contributed by atoms with van der Waals surface area (Å²) in [5.74, 6) is 0.532. The number of phenolic OH excluding ortho intramolecular Hbond substituents is 1. The smallest absolute Gasteiger partial charge is 0.348 e. The van der Waals surface area contributed by atoms with Gasteiger partial charge in [0.1, 0.15) is 5.75 Å². The van der Waals surface area contributed by atoms with Crippen molar-refractivity contribution in [2.75, 3.05) is 0 Å². The molecule has 0 amide bonds. The van der Waals surface area contributed by atoms with Crippen LogP contribution >= 0.6 is 0 Å². The molecule has 6 heteroatoms. The Morgan fingerprint density at radius 3 is 2.32 bits per heavy atom. The molecule has 0 atom stereocenters. The number of nitrogens with zero attached hydrogens (tertiary/aromatic N) is 2. The summed E-state index contributed by atoms with van der Waals surface area (Å²) in [5, 5.41) is 15.8. The summed E-state index contributed by atoms with van der Waals surface area (Å²) in [6.07, 6.45) is 0. The van der Waals surface area contributed by atoms with E-state index in [-0.39, 0.29) is 17.2 Å². The van der Waals surface area contributed by atoms with Gasteiger partial charge in [0, 0.05) is 11.1 Å². The molecule has 3 aromatic rings. The van der Waals surface area contributed by atoms with Crippen LogP contribution in [-0.4, -0.2) is 25.7 Å². The van der Waals surface area contributed by atoms with Gasteiger partial charge < -0.3 is 5.11 Å². The highest BCUT2D eigenvalue weighted by atomic mass is 16.3. The van der Waals surface area contributed by atoms with Gasteiger partial charge >= 0.3 is 5.69 Å². The second-order valence-electron chi connectivity index (χ2n) is 4.84. The first-order valence-corrected chi connectivity index (χ1v) is 6.64. The van der Waals surface area contributed by atoms with Crippen LogP contribution in [0.3, 0.4) is 0 Å². The van der Waals surface area contributed by atoms with E-state index < -0.39 is 0 Å². The molecule has 0 saturated heterocycles. The number of rotatable bonds is 3. The number of ketones is 1. The number of carbonyl (C=O) groups excluding carboxylic acids is 1. The third-order valence-electron chi connectivity index (χ3n) is 3.33. The zero-order valence-electron chi connectivity index (χ0n) is 11.8. The first kappa shape index (κ1) is 13.8. The lowest BCUT2D eigenvalue weighted by Crippen LogP contribution is -2.15. The zero-order chi connectivity index (χ0) is 15.7. The van der Waals surface area contributed by atoms with E-state index in [1.54, 1.807) is 36.4 Å². The van der Waals surface area contributed by atoms with E-state index in [0.717, 1.165) is 0 Å². The molecule has 0 saturated carbocycles. The second kappa shape index (κ2) is 5.33. The first-order valence-electron chi connectivity index (χ1n) is 6.64. The molecular formula is C16H13N3O3. The van der Waals surface area contributed by atoms with Crippen molar-refractivity contribution in [2.24, 2.45) is 0 Å². The average Bonchev–Trinajstić information content (AvgIpc) is 2.90. The lowest BCUT2D eigenvalue weighted by Gasteiger charge is -2.06. The van der Waals surface area contributed by atoms with E-state index in [4.69, 9.17) is 0 Å². The largest absolute Gasteiger partial charge is 0.508 e. The molecule has 0 aliphatic heterocycles. The number of hydrogen-bond acceptors (Lipinski definition) is 4. The second-order valence-corrected chi connectivity index (χ2v) is 4.84. The van der Waals surface area contributed by atoms with Crippen LogP contribution in [0.15, 0.2) is 53.3 Å². The van der Waals surface area contributed by atoms with Crippen molar-refractivity contribution in [1.29, 1.82) is 0 Å². The van der Waals surface area contributed by atoms with Crippen molar-refractivity contribution in [3.05, 3.63) is 64.6 Å². The number of aromatic amines is 1. The number of Topliss-reactive ketones (excluding diaryl/α,β-unsaturated/α-hetero) is 1. The van der Waals surface area contributed by atoms with Gasteiger partial charge in [0.2, 0.25) is 0 Å². The summed E-state index contributed by atoms with van der Waals surface area (Å²) < 4.78 is 1.41. The molecule has 0 fully saturated rings. The number of H-pyrrole nitrogens is 1. The summed E-state index contributed by atoms with van der Waals surface area (Å²) in [6.45, 7) is 1.49. The first-order chi connectivity index (χ1) is 10.6. The van der Waals surface area contributed by atoms with Crippen LogP contribution in [0.1, 0.15) is 17.3 Å². The summed E-state index contributed by atoms with van der Waals surface area (Å²) in [5.41, 5.74) is 1.49. The Morgan fingerprint density at radius 1 is 1.09 bits per heavy atom. The lowest BCUT2D eigenvalue weighted by molar-refractivity contribution is 0.101. The molecule has 0 bridgehead atoms. The highest BCUT2D eigenvalue weighted by molar-refractivity contribution is 5.94. The minimum absolute atomic E-state index is 0.0372. The Morgan fingerprint density at radius 2 is 1.73 bits per heavy atom. The van der Waals surface area contributed by atoms with Gasteiger partial charge in [-0.25, -0.2) is 14.5 Å². The molecule has 0 unspecified atom stereocenters. The molecule has 0 radical (unpaired) electrons. The SMILES string of the molecule is CC(=O)c1ccc(-n2c(-c3ccc(O)cc3)n[nH]c2=O)cc1. The molecule has 2 aromatic carbocycles. The lowest BCUT2D eigenvalue weighted by atomic mass is 10.1. The number of benzene rings is 2. The fourth-order valence-corrected chi connectivity index (χ4v) is 2.19. The van der Waals surface area contributed by atoms with Crippen molar-refractivity contribution in [3.8, 4) is 22.8 Å². The van der Waals surface area contributed by atoms with Gasteiger partial charge in [-0.05, 0) is 55.5 Å². The van der Waals surface area contributed by atoms with Crippen LogP contribution in [0.2, 0.25) is 0 Å². The highest BCUT2D eigenvalue weighted by Gasteiger charge is 2.12. The number of hydrogen-bond donors (Lipinski definition) is 2. The number of nitrogens with one attached hydrogen (secondary N) is 1. The van der Waals surface area contributed by atoms with Crippen molar-refractivity contribution in [2.45, 2.75) is 6.92 Å². The molecule has 0 spiro atoms. The molecule has 1 aromatic heterocycles. The van der Waals surface area contributed by atoms with Crippen molar-refractivity contribution in [3.63, 3.8) is 0 Å². The molecule has 2 N–H and O–H groups in total. The number of carbonyl (C=O) groups is 1. The van der Waals surface area contributed by atoms with Gasteiger partial charge in [-0.2, -0.15) is 5.10 Å². The number of phenols is 1. The van der Waals surface area contributed by atoms with E-state index in [2.05, 4.69) is 10.2 Å². The fourth-order valence-electron chi connectivity index (χ4n) is 2.19. The van der Waals surface area contributed by atoms with Crippen LogP contribution in [-0.2, 0) is 0 Å². The Labute approximate surface area is 125 Å². The summed E-state index contributed by atoms with van der Waals surface area (Å²) in [7, 11) is 0. The van der Waals surface area contributed by atoms with Crippen molar-refractivity contribution in [1.82, 2.24) is 14.8 Å². The maximum atomic E-state index is 12.0. The molecule has 1 heterocycles. The average molecular weight is 295 g/mol. The van der Waals surface area contributed by atoms with E-state index in [1.807, 2.05) is 0 Å². The minimum Gasteiger partial charge on any atom is -0.508 e. The molecule has 3 rings (SSSR count). The quantitative estimate of drug-likeness (QED) is 0.725. The van der Waals surface area contributed by atoms with E-state index >= 15 is 0 Å². The molecule has 0 aliphatic carbocycles. The normalized spacial score (nSPS) is 10.6. The zero-order valence-corrected chi connectivity index (χ0v) is 11.8. The van der Waals surface area contributed by atoms with Gasteiger partial charge in [-0.1, -0.05) is 0 Å². The predicted octanol–water partition coefficient (Wildman–Crippen LogP) is 2.14. The van der Waals surface area contributed by atoms with Crippen molar-refractivity contribution >= 4 is 5.78 Å². The van der Waals surface area contributed by atoms with E-state index in [9.17, 15) is 14.7 Å². The van der Waals surface area contributed by atoms with Gasteiger partial charge in [0.15, 0.2) is 11.6 Å². The van der Waals surface area contributed by atoms with E-state index in [1.165, 1.54) is 23.6 Å². The van der Waals surface area contributed by atoms with Gasteiger partial charge in [0.25, 0.3) is 0 Å². The van der Waals surface area contributed by atoms with Crippen LogP contribution in [0.5, 0.6) is 5.75 Å². The minimum atomic E-state index is -0.376. The maximum Gasteiger partial charge on any atom is 0.348 e. The number of aromatic nitrogens is 3. The molecule has 22 heavy (non-hydrogen) atoms. The standard InChI is InChI=1S/C16H13N3O3/c1-10(20)11-2-6-13(7-3-11)19-15(17-18-16(19)22)12-4-8-14(21)9-5-12/h2-9,21H,1H3,(H,18,22). The Kier molecular flexibility index (Phi) is 3.34. The fraction of sp³-hybridized carbons (Fsp3) is 0.0625. The Bertz CT molecular complexity index is 874. The van der Waals surface area contributed by atoms with Crippen molar-refractivity contribution < 1.29 is 9.90 Å². The summed E-state index contributed by atoms with van der Waals surface area (Å²) in [4.78, 5) is 23.3. The topological polar surface area (TPSA) is 88.0 Å². The van der Waals surface area contributed by atoms with Crippen LogP contribution < -0.4 is 5.69 Å². The van der Waals surface area contributed by atoms with Crippen LogP contribution in [0, 0.1) is 0 Å². The van der Waals surface area contributed by atoms with Crippen LogP contribution in [0.4, 0.5) is 0 Å². The van der Waals surface area contributed by atoms with Gasteiger partial charge in [-0.15, -0.1) is 0 Å². The highest BCUT2D eigenvalue weighted by Crippen LogP contribution is 2.21. The molecule has 6 nitrogen and oxygen atoms in total. The van der Waals surface area contributed by atoms with Crippen LogP contribution in [0.25, 0.3) is 17.1 Å². The third kappa shape index (κ3) is 2.42. The maximum absolute atomic E-state index is 12.0. The van der Waals surface area contributed by atoms with Gasteiger partial charge in [0.05, 0.1) is 5.69 Å². The third-order valence-corrected chi connectivity index (χ3v) is 3.33. The summed E-state index contributed by atoms with van der Waals surface area (Å²) >= 11 is 0. The molecule has 110 valence electrons. The van der Waals surface area contributed by atoms with E-state index in [0.29, 0.717) is 22.6 Å². The monoisotopic (exact) mass is 295 g/mol. The number of aromatic hydroxyl groups is 1. The molecule has 0 aliphatic rings. The molecular weight excluding hydrogens is 282 g/mol. The Hall–Kier alpha value is -3.15. The van der Waals surface area contributed by atoms with Gasteiger partial charge in [-0.3, -0.25) is 4.79 Å². The Balaban J connectivity index is 2.11. The summed E-state index contributed by atoms with van der Waals surface area (Å²) in [6, 6.07) is 13.1.